The summed E-state index contributed by atoms with van der Waals surface area (Å²) < 4.78 is 22.9. The van der Waals surface area contributed by atoms with Gasteiger partial charge in [-0.1, -0.05) is 44.6 Å². The first kappa shape index (κ1) is 18.1. The average molecular weight is 338 g/mol. The van der Waals surface area contributed by atoms with Gasteiger partial charge in [0, 0.05) is 6.16 Å². The number of benzene rings is 1. The number of hydrogen-bond acceptors (Lipinski definition) is 4. The Morgan fingerprint density at radius 3 is 2.30 bits per heavy atom. The van der Waals surface area contributed by atoms with E-state index in [4.69, 9.17) is 9.47 Å². The topological polar surface area (TPSA) is 52.6 Å². The van der Waals surface area contributed by atoms with Gasteiger partial charge in [0.25, 0.3) is 0 Å². The molecule has 128 valence electrons. The number of carbonyl (C=O) groups excluding carboxylic acids is 1. The predicted molar refractivity (Wildman–Crippen MR) is 93.6 cm³/mol. The van der Waals surface area contributed by atoms with E-state index >= 15 is 0 Å². The van der Waals surface area contributed by atoms with Gasteiger partial charge >= 0.3 is 0 Å². The number of methoxy groups -OCH3 is 2. The highest BCUT2D eigenvalue weighted by Gasteiger charge is 2.23. The van der Waals surface area contributed by atoms with Crippen LogP contribution in [0.2, 0.25) is 0 Å². The Morgan fingerprint density at radius 1 is 1.13 bits per heavy atom. The molecule has 4 nitrogen and oxygen atoms in total. The molecule has 1 saturated carbocycles. The van der Waals surface area contributed by atoms with Crippen LogP contribution in [0.4, 0.5) is 0 Å². The molecule has 0 aliphatic heterocycles. The van der Waals surface area contributed by atoms with Crippen molar-refractivity contribution in [1.29, 1.82) is 0 Å². The molecule has 0 saturated heterocycles. The molecular formula is C18H27O4P. The predicted octanol–water partition coefficient (Wildman–Crippen LogP) is 4.76. The third kappa shape index (κ3) is 4.84. The molecule has 0 spiro atoms. The van der Waals surface area contributed by atoms with E-state index in [0.717, 1.165) is 18.8 Å². The van der Waals surface area contributed by atoms with Crippen LogP contribution in [0, 0.1) is 5.92 Å². The first-order chi connectivity index (χ1) is 11.2. The zero-order valence-electron chi connectivity index (χ0n) is 14.1. The van der Waals surface area contributed by atoms with E-state index in [2.05, 4.69) is 0 Å². The van der Waals surface area contributed by atoms with Gasteiger partial charge in [-0.3, -0.25) is 4.79 Å². The third-order valence-electron chi connectivity index (χ3n) is 4.65. The molecule has 0 amide bonds. The molecule has 1 aromatic carbocycles. The van der Waals surface area contributed by atoms with Gasteiger partial charge < -0.3 is 14.0 Å². The summed E-state index contributed by atoms with van der Waals surface area (Å²) in [5.74, 6) is 1.62. The van der Waals surface area contributed by atoms with Crippen molar-refractivity contribution in [3.8, 4) is 11.5 Å². The normalized spacial score (nSPS) is 16.8. The van der Waals surface area contributed by atoms with Gasteiger partial charge in [0.1, 0.15) is 24.9 Å². The Labute approximate surface area is 139 Å². The summed E-state index contributed by atoms with van der Waals surface area (Å²) in [6.07, 6.45) is 9.00. The van der Waals surface area contributed by atoms with Crippen LogP contribution in [0.15, 0.2) is 18.2 Å². The van der Waals surface area contributed by atoms with Crippen molar-refractivity contribution in [2.24, 2.45) is 5.92 Å². The van der Waals surface area contributed by atoms with Gasteiger partial charge in [0.15, 0.2) is 0 Å². The van der Waals surface area contributed by atoms with E-state index in [0.29, 0.717) is 23.2 Å². The lowest BCUT2D eigenvalue weighted by atomic mass is 9.86. The van der Waals surface area contributed by atoms with Crippen molar-refractivity contribution in [1.82, 2.24) is 0 Å². The molecular weight excluding hydrogens is 311 g/mol. The molecule has 0 heterocycles. The maximum absolute atomic E-state index is 12.6. The summed E-state index contributed by atoms with van der Waals surface area (Å²) in [6, 6.07) is 5.16. The minimum atomic E-state index is -2.33. The quantitative estimate of drug-likeness (QED) is 0.641. The fourth-order valence-electron chi connectivity index (χ4n) is 3.36. The lowest BCUT2D eigenvalue weighted by Gasteiger charge is -2.21. The van der Waals surface area contributed by atoms with Crippen molar-refractivity contribution >= 4 is 13.3 Å². The standard InChI is InChI=1S/C18H27O4P/c1-21-15-11-6-12-16(22-2)17(15)18(19)23(20)13-7-10-14-8-4-3-5-9-14/h6,11-12,14,23H,3-5,7-10,13H2,1-2H3. The van der Waals surface area contributed by atoms with Crippen LogP contribution in [0.1, 0.15) is 55.3 Å². The molecule has 1 aliphatic rings. The van der Waals surface area contributed by atoms with Crippen molar-refractivity contribution in [3.05, 3.63) is 23.8 Å². The van der Waals surface area contributed by atoms with E-state index in [9.17, 15) is 9.36 Å². The van der Waals surface area contributed by atoms with Crippen molar-refractivity contribution in [3.63, 3.8) is 0 Å². The molecule has 1 aromatic rings. The second-order valence-electron chi connectivity index (χ2n) is 6.19. The van der Waals surface area contributed by atoms with Crippen molar-refractivity contribution in [2.45, 2.75) is 44.9 Å². The maximum atomic E-state index is 12.6. The Balaban J connectivity index is 1.95. The van der Waals surface area contributed by atoms with Crippen LogP contribution < -0.4 is 9.47 Å². The van der Waals surface area contributed by atoms with Crippen molar-refractivity contribution in [2.75, 3.05) is 20.4 Å². The summed E-state index contributed by atoms with van der Waals surface area (Å²) in [7, 11) is 0.679. The Kier molecular flexibility index (Phi) is 7.16. The Hall–Kier alpha value is -1.28. The van der Waals surface area contributed by atoms with E-state index in [-0.39, 0.29) is 5.52 Å². The molecule has 23 heavy (non-hydrogen) atoms. The molecule has 5 heteroatoms. The van der Waals surface area contributed by atoms with Gasteiger partial charge in [-0.15, -0.1) is 0 Å². The summed E-state index contributed by atoms with van der Waals surface area (Å²) in [5, 5.41) is 0. The third-order valence-corrected chi connectivity index (χ3v) is 6.21. The zero-order chi connectivity index (χ0) is 16.7. The highest BCUT2D eigenvalue weighted by Crippen LogP contribution is 2.38. The van der Waals surface area contributed by atoms with Gasteiger partial charge in [-0.25, -0.2) is 0 Å². The summed E-state index contributed by atoms with van der Waals surface area (Å²) >= 11 is 0. The van der Waals surface area contributed by atoms with Crippen molar-refractivity contribution < 1.29 is 18.8 Å². The van der Waals surface area contributed by atoms with Crippen LogP contribution in [-0.2, 0) is 4.57 Å². The lowest BCUT2D eigenvalue weighted by Crippen LogP contribution is -2.07. The SMILES string of the molecule is COc1cccc(OC)c1C(=O)[PH](=O)CCCC1CCCCC1. The highest BCUT2D eigenvalue weighted by atomic mass is 31.1. The molecule has 1 fully saturated rings. The fraction of sp³-hybridized carbons (Fsp3) is 0.611. The van der Waals surface area contributed by atoms with E-state index < -0.39 is 7.80 Å². The highest BCUT2D eigenvalue weighted by molar-refractivity contribution is 7.64. The molecule has 0 N–H and O–H groups in total. The monoisotopic (exact) mass is 338 g/mol. The maximum Gasteiger partial charge on any atom is 0.225 e. The zero-order valence-corrected chi connectivity index (χ0v) is 15.1. The van der Waals surface area contributed by atoms with E-state index in [1.165, 1.54) is 46.3 Å². The lowest BCUT2D eigenvalue weighted by molar-refractivity contribution is 0.107. The molecule has 1 aliphatic carbocycles. The molecule has 1 unspecified atom stereocenters. The van der Waals surface area contributed by atoms with Gasteiger partial charge in [0.2, 0.25) is 5.52 Å². The van der Waals surface area contributed by atoms with E-state index in [1.54, 1.807) is 18.2 Å². The summed E-state index contributed by atoms with van der Waals surface area (Å²) in [6.45, 7) is 0. The number of hydrogen-bond donors (Lipinski definition) is 0. The smallest absolute Gasteiger partial charge is 0.225 e. The second-order valence-corrected chi connectivity index (χ2v) is 7.99. The second kappa shape index (κ2) is 9.12. The van der Waals surface area contributed by atoms with Crippen LogP contribution in [0.25, 0.3) is 0 Å². The number of rotatable bonds is 8. The average Bonchev–Trinajstić information content (AvgIpc) is 2.61. The van der Waals surface area contributed by atoms with Crippen LogP contribution in [0.5, 0.6) is 11.5 Å². The molecule has 2 rings (SSSR count). The minimum Gasteiger partial charge on any atom is -0.496 e. The Morgan fingerprint density at radius 2 is 1.74 bits per heavy atom. The first-order valence-corrected chi connectivity index (χ1v) is 10.1. The fourth-order valence-corrected chi connectivity index (χ4v) is 4.63. The Bertz CT molecular complexity index is 528. The van der Waals surface area contributed by atoms with E-state index in [1.807, 2.05) is 0 Å². The minimum absolute atomic E-state index is 0.319. The summed E-state index contributed by atoms with van der Waals surface area (Å²) in [5.41, 5.74) is -0.00741. The number of ether oxygens (including phenoxy) is 2. The first-order valence-electron chi connectivity index (χ1n) is 8.46. The van der Waals surface area contributed by atoms with Crippen LogP contribution in [-0.4, -0.2) is 25.9 Å². The molecule has 0 bridgehead atoms. The summed E-state index contributed by atoms with van der Waals surface area (Å²) in [4.78, 5) is 12.6. The molecule has 0 radical (unpaired) electrons. The molecule has 0 aromatic heterocycles. The van der Waals surface area contributed by atoms with Crippen LogP contribution >= 0.6 is 7.80 Å². The molecule has 1 atom stereocenters. The largest absolute Gasteiger partial charge is 0.496 e. The van der Waals surface area contributed by atoms with Gasteiger partial charge in [0.05, 0.1) is 14.2 Å². The van der Waals surface area contributed by atoms with Crippen LogP contribution in [0.3, 0.4) is 0 Å². The number of carbonyl (C=O) groups is 1. The van der Waals surface area contributed by atoms with Gasteiger partial charge in [-0.05, 0) is 24.5 Å². The van der Waals surface area contributed by atoms with Gasteiger partial charge in [-0.2, -0.15) is 0 Å².